The maximum Gasteiger partial charge on any atom is 0.417 e. The Morgan fingerprint density at radius 3 is 2.65 bits per heavy atom. The Bertz CT molecular complexity index is 1460. The van der Waals surface area contributed by atoms with Crippen LogP contribution in [0.15, 0.2) is 62.2 Å². The van der Waals surface area contributed by atoms with E-state index in [1.54, 1.807) is 6.07 Å². The molecule has 0 aliphatic heterocycles. The smallest absolute Gasteiger partial charge is 0.417 e. The van der Waals surface area contributed by atoms with Crippen LogP contribution >= 0.6 is 0 Å². The van der Waals surface area contributed by atoms with Gasteiger partial charge in [0.1, 0.15) is 11.2 Å². The van der Waals surface area contributed by atoms with Gasteiger partial charge in [-0.25, -0.2) is 4.79 Å². The normalized spacial score (nSPS) is 12.0. The number of halogens is 3. The molecule has 3 aromatic heterocycles. The number of hydrogen-bond acceptors (Lipinski definition) is 7. The van der Waals surface area contributed by atoms with Gasteiger partial charge in [0.15, 0.2) is 5.76 Å². The van der Waals surface area contributed by atoms with Gasteiger partial charge < -0.3 is 14.2 Å². The molecule has 3 heterocycles. The van der Waals surface area contributed by atoms with Crippen molar-refractivity contribution in [1.82, 2.24) is 20.6 Å². The maximum absolute atomic E-state index is 13.2. The minimum Gasteiger partial charge on any atom is -0.453 e. The van der Waals surface area contributed by atoms with E-state index in [0.717, 1.165) is 10.9 Å². The number of aromatic nitrogens is 4. The molecule has 5 rings (SSSR count). The van der Waals surface area contributed by atoms with Gasteiger partial charge in [-0.1, -0.05) is 12.1 Å². The summed E-state index contributed by atoms with van der Waals surface area (Å²) < 4.78 is 50.2. The number of nitrogens with zero attached hydrogens (tertiary/aromatic N) is 3. The molecule has 0 aliphatic carbocycles. The minimum atomic E-state index is -4.65. The molecular formula is C20H12F3N5O3. The summed E-state index contributed by atoms with van der Waals surface area (Å²) in [7, 11) is 0. The summed E-state index contributed by atoms with van der Waals surface area (Å²) >= 11 is 0. The first-order chi connectivity index (χ1) is 14.9. The van der Waals surface area contributed by atoms with Gasteiger partial charge in [0.25, 0.3) is 0 Å². The molecule has 2 aromatic carbocycles. The fourth-order valence-electron chi connectivity index (χ4n) is 3.27. The van der Waals surface area contributed by atoms with Gasteiger partial charge in [-0.05, 0) is 35.0 Å². The fourth-order valence-corrected chi connectivity index (χ4v) is 3.27. The molecule has 31 heavy (non-hydrogen) atoms. The number of furan rings is 1. The molecule has 0 saturated heterocycles. The van der Waals surface area contributed by atoms with Crippen LogP contribution in [0.1, 0.15) is 11.1 Å². The van der Waals surface area contributed by atoms with Crippen LogP contribution in [0.2, 0.25) is 0 Å². The second kappa shape index (κ2) is 6.97. The number of aromatic amines is 1. The summed E-state index contributed by atoms with van der Waals surface area (Å²) in [6, 6.07) is 12.0. The molecule has 0 aliphatic rings. The molecule has 5 aromatic rings. The summed E-state index contributed by atoms with van der Waals surface area (Å²) in [5.41, 5.74) is -0.229. The molecule has 0 saturated carbocycles. The topological polar surface area (TPSA) is 110 Å². The summed E-state index contributed by atoms with van der Waals surface area (Å²) in [4.78, 5) is 11.5. The second-order valence-electron chi connectivity index (χ2n) is 6.76. The van der Waals surface area contributed by atoms with Crippen molar-refractivity contribution in [2.75, 3.05) is 5.32 Å². The third-order valence-corrected chi connectivity index (χ3v) is 4.70. The third kappa shape index (κ3) is 3.61. The predicted octanol–water partition coefficient (Wildman–Crippen LogP) is 4.35. The molecule has 0 spiro atoms. The highest BCUT2D eigenvalue weighted by Crippen LogP contribution is 2.34. The lowest BCUT2D eigenvalue weighted by atomic mass is 10.1. The molecule has 0 radical (unpaired) electrons. The number of rotatable bonds is 4. The van der Waals surface area contributed by atoms with Crippen LogP contribution in [0.4, 0.5) is 18.9 Å². The van der Waals surface area contributed by atoms with E-state index in [-0.39, 0.29) is 11.0 Å². The molecule has 11 heteroatoms. The number of hydrogen-bond donors (Lipinski definition) is 2. The van der Waals surface area contributed by atoms with Crippen LogP contribution in [0.5, 0.6) is 0 Å². The van der Waals surface area contributed by atoms with Crippen LogP contribution in [0.3, 0.4) is 0 Å². The number of fused-ring (bicyclic) bond motifs is 2. The van der Waals surface area contributed by atoms with Crippen molar-refractivity contribution in [3.63, 3.8) is 0 Å². The number of tetrazole rings is 1. The second-order valence-corrected chi connectivity index (χ2v) is 6.76. The Kier molecular flexibility index (Phi) is 4.24. The molecule has 0 fully saturated rings. The Hall–Kier alpha value is -4.15. The van der Waals surface area contributed by atoms with Crippen molar-refractivity contribution in [3.8, 4) is 11.6 Å². The summed E-state index contributed by atoms with van der Waals surface area (Å²) in [6.07, 6.45) is -4.65. The summed E-state index contributed by atoms with van der Waals surface area (Å²) in [5.74, 6) is 0.811. The van der Waals surface area contributed by atoms with Crippen LogP contribution < -0.4 is 10.9 Å². The van der Waals surface area contributed by atoms with E-state index in [9.17, 15) is 18.0 Å². The van der Waals surface area contributed by atoms with Crippen molar-refractivity contribution >= 4 is 27.6 Å². The average molecular weight is 427 g/mol. The van der Waals surface area contributed by atoms with Gasteiger partial charge in [0.05, 0.1) is 5.56 Å². The van der Waals surface area contributed by atoms with Gasteiger partial charge in [-0.3, -0.25) is 0 Å². The van der Waals surface area contributed by atoms with E-state index in [2.05, 4.69) is 25.9 Å². The van der Waals surface area contributed by atoms with Gasteiger partial charge in [0.2, 0.25) is 5.82 Å². The van der Waals surface area contributed by atoms with E-state index in [0.29, 0.717) is 35.5 Å². The van der Waals surface area contributed by atoms with Crippen molar-refractivity contribution in [3.05, 3.63) is 70.1 Å². The van der Waals surface area contributed by atoms with Gasteiger partial charge >= 0.3 is 11.8 Å². The van der Waals surface area contributed by atoms with Crippen molar-refractivity contribution in [2.24, 2.45) is 0 Å². The lowest BCUT2D eigenvalue weighted by Crippen LogP contribution is -2.11. The van der Waals surface area contributed by atoms with Gasteiger partial charge in [-0.15, -0.1) is 10.2 Å². The van der Waals surface area contributed by atoms with E-state index in [4.69, 9.17) is 8.83 Å². The highest BCUT2D eigenvalue weighted by Gasteiger charge is 2.33. The lowest BCUT2D eigenvalue weighted by molar-refractivity contribution is -0.136. The molecule has 0 atom stereocenters. The summed E-state index contributed by atoms with van der Waals surface area (Å²) in [5, 5.41) is 17.4. The van der Waals surface area contributed by atoms with E-state index < -0.39 is 17.4 Å². The lowest BCUT2D eigenvalue weighted by Gasteiger charge is -2.11. The molecular weight excluding hydrogens is 415 g/mol. The minimum absolute atomic E-state index is 0.143. The molecule has 0 unspecified atom stereocenters. The zero-order valence-corrected chi connectivity index (χ0v) is 15.5. The SMILES string of the molecule is O=c1cc(C(F)(F)F)c2ccc(NCc3ccc4cc(-c5nn[nH]n5)oc4c3)cc2o1. The highest BCUT2D eigenvalue weighted by molar-refractivity contribution is 5.84. The Labute approximate surface area is 170 Å². The Morgan fingerprint density at radius 2 is 1.87 bits per heavy atom. The largest absolute Gasteiger partial charge is 0.453 e. The van der Waals surface area contributed by atoms with Gasteiger partial charge in [-0.2, -0.15) is 18.4 Å². The van der Waals surface area contributed by atoms with E-state index in [1.165, 1.54) is 18.2 Å². The number of H-pyrrole nitrogens is 1. The third-order valence-electron chi connectivity index (χ3n) is 4.70. The van der Waals surface area contributed by atoms with E-state index in [1.807, 2.05) is 18.2 Å². The monoisotopic (exact) mass is 427 g/mol. The molecule has 156 valence electrons. The predicted molar refractivity (Wildman–Crippen MR) is 104 cm³/mol. The molecule has 0 bridgehead atoms. The zero-order chi connectivity index (χ0) is 21.6. The maximum atomic E-state index is 13.2. The van der Waals surface area contributed by atoms with Crippen LogP contribution in [-0.2, 0) is 12.7 Å². The quantitative estimate of drug-likeness (QED) is 0.410. The molecule has 0 amide bonds. The van der Waals surface area contributed by atoms with Crippen LogP contribution in [0, 0.1) is 0 Å². The summed E-state index contributed by atoms with van der Waals surface area (Å²) in [6.45, 7) is 0.364. The number of nitrogens with one attached hydrogen (secondary N) is 2. The zero-order valence-electron chi connectivity index (χ0n) is 15.5. The van der Waals surface area contributed by atoms with Crippen molar-refractivity contribution in [1.29, 1.82) is 0 Å². The highest BCUT2D eigenvalue weighted by atomic mass is 19.4. The Morgan fingerprint density at radius 1 is 1.00 bits per heavy atom. The number of benzene rings is 2. The molecule has 8 nitrogen and oxygen atoms in total. The van der Waals surface area contributed by atoms with Crippen LogP contribution in [-0.4, -0.2) is 20.6 Å². The van der Waals surface area contributed by atoms with Crippen molar-refractivity contribution < 1.29 is 22.0 Å². The first kappa shape index (κ1) is 18.9. The number of alkyl halides is 3. The average Bonchev–Trinajstić information content (AvgIpc) is 3.39. The standard InChI is InChI=1S/C20H12F3N5O3/c21-20(22,23)14-8-18(29)31-16-7-12(3-4-13(14)16)24-9-10-1-2-11-6-17(30-15(11)5-10)19-25-27-28-26-19/h1-8,24H,9H2,(H,25,26,27,28). The van der Waals surface area contributed by atoms with Crippen LogP contribution in [0.25, 0.3) is 33.5 Å². The molecule has 2 N–H and O–H groups in total. The Balaban J connectivity index is 1.40. The fraction of sp³-hybridized carbons (Fsp3) is 0.100. The van der Waals surface area contributed by atoms with Crippen molar-refractivity contribution in [2.45, 2.75) is 12.7 Å². The first-order valence-corrected chi connectivity index (χ1v) is 9.02. The van der Waals surface area contributed by atoms with E-state index >= 15 is 0 Å². The number of anilines is 1. The van der Waals surface area contributed by atoms with Gasteiger partial charge in [0, 0.05) is 35.1 Å². The first-order valence-electron chi connectivity index (χ1n) is 9.02.